The summed E-state index contributed by atoms with van der Waals surface area (Å²) >= 11 is 6.01. The fourth-order valence-electron chi connectivity index (χ4n) is 3.17. The first-order valence-corrected chi connectivity index (χ1v) is 5.51. The highest BCUT2D eigenvalue weighted by Gasteiger charge is 2.44. The number of allylic oxidation sites excluding steroid dienone is 2. The number of hydrogen-bond acceptors (Lipinski definition) is 0. The van der Waals surface area contributed by atoms with E-state index in [1.54, 1.807) is 0 Å². The van der Waals surface area contributed by atoms with Gasteiger partial charge in [0.25, 0.3) is 0 Å². The molecule has 12 heavy (non-hydrogen) atoms. The lowest BCUT2D eigenvalue weighted by Gasteiger charge is -2.29. The predicted molar refractivity (Wildman–Crippen MR) is 53.3 cm³/mol. The summed E-state index contributed by atoms with van der Waals surface area (Å²) in [5.41, 5.74) is 0. The van der Waals surface area contributed by atoms with Crippen molar-refractivity contribution in [3.8, 4) is 0 Å². The summed E-state index contributed by atoms with van der Waals surface area (Å²) in [7, 11) is 0. The van der Waals surface area contributed by atoms with Crippen molar-refractivity contribution in [1.82, 2.24) is 0 Å². The van der Waals surface area contributed by atoms with Gasteiger partial charge in [0, 0.05) is 5.88 Å². The van der Waals surface area contributed by atoms with Gasteiger partial charge in [0.2, 0.25) is 0 Å². The maximum atomic E-state index is 6.01. The van der Waals surface area contributed by atoms with E-state index < -0.39 is 0 Å². The van der Waals surface area contributed by atoms with E-state index in [9.17, 15) is 0 Å². The molecular formula is C11H17Cl. The quantitative estimate of drug-likeness (QED) is 0.456. The third kappa shape index (κ3) is 1.12. The van der Waals surface area contributed by atoms with E-state index in [-0.39, 0.29) is 0 Å². The molecule has 0 radical (unpaired) electrons. The highest BCUT2D eigenvalue weighted by Crippen LogP contribution is 2.51. The fraction of sp³-hybridized carbons (Fsp3) is 0.818. The Morgan fingerprint density at radius 3 is 2.50 bits per heavy atom. The summed E-state index contributed by atoms with van der Waals surface area (Å²) in [5.74, 6) is 4.93. The normalized spacial score (nSPS) is 44.7. The van der Waals surface area contributed by atoms with Crippen LogP contribution in [0.1, 0.15) is 20.3 Å². The molecule has 0 saturated heterocycles. The minimum absolute atomic E-state index is 0.765. The number of rotatable bonds is 2. The maximum Gasteiger partial charge on any atom is 0.0260 e. The first kappa shape index (κ1) is 8.62. The minimum atomic E-state index is 0.765. The Hall–Kier alpha value is 0.0300. The van der Waals surface area contributed by atoms with Crippen LogP contribution < -0.4 is 0 Å². The molecule has 1 saturated carbocycles. The van der Waals surface area contributed by atoms with Crippen LogP contribution in [0.25, 0.3) is 0 Å². The molecule has 0 aliphatic heterocycles. The number of alkyl halides is 1. The van der Waals surface area contributed by atoms with Crippen LogP contribution in [0.3, 0.4) is 0 Å². The Bertz CT molecular complexity index is 195. The fourth-order valence-corrected chi connectivity index (χ4v) is 3.60. The van der Waals surface area contributed by atoms with E-state index in [1.165, 1.54) is 6.42 Å². The average Bonchev–Trinajstić information content (AvgIpc) is 2.60. The molecule has 0 aromatic carbocycles. The molecular weight excluding hydrogens is 168 g/mol. The highest BCUT2D eigenvalue weighted by molar-refractivity contribution is 6.18. The zero-order chi connectivity index (χ0) is 8.72. The van der Waals surface area contributed by atoms with Crippen LogP contribution in [0.5, 0.6) is 0 Å². The topological polar surface area (TPSA) is 0 Å². The van der Waals surface area contributed by atoms with Crippen LogP contribution in [-0.4, -0.2) is 5.88 Å². The summed E-state index contributed by atoms with van der Waals surface area (Å²) in [6, 6.07) is 0. The van der Waals surface area contributed by atoms with Crippen molar-refractivity contribution in [2.45, 2.75) is 20.3 Å². The van der Waals surface area contributed by atoms with Crippen LogP contribution in [-0.2, 0) is 0 Å². The zero-order valence-electron chi connectivity index (χ0n) is 7.83. The second kappa shape index (κ2) is 3.06. The van der Waals surface area contributed by atoms with Gasteiger partial charge < -0.3 is 0 Å². The van der Waals surface area contributed by atoms with E-state index in [0.29, 0.717) is 0 Å². The Morgan fingerprint density at radius 2 is 2.00 bits per heavy atom. The molecule has 0 aromatic rings. The molecule has 4 atom stereocenters. The molecule has 0 amide bonds. The lowest BCUT2D eigenvalue weighted by atomic mass is 9.77. The Kier molecular flexibility index (Phi) is 2.20. The molecule has 1 fully saturated rings. The monoisotopic (exact) mass is 184 g/mol. The number of fused-ring (bicyclic) bond motifs is 2. The van der Waals surface area contributed by atoms with E-state index in [4.69, 9.17) is 11.6 Å². The van der Waals surface area contributed by atoms with Gasteiger partial charge in [-0.1, -0.05) is 26.0 Å². The van der Waals surface area contributed by atoms with Gasteiger partial charge in [-0.3, -0.25) is 0 Å². The lowest BCUT2D eigenvalue weighted by Crippen LogP contribution is -2.25. The standard InChI is InChI=1S/C11H17Cl/c1-7(2)11-9-4-3-8(5-9)10(11)6-12/h3-4,7-11H,5-6H2,1-2H3. The van der Waals surface area contributed by atoms with Gasteiger partial charge in [0.1, 0.15) is 0 Å². The summed E-state index contributed by atoms with van der Waals surface area (Å²) in [4.78, 5) is 0. The molecule has 2 aliphatic rings. The molecule has 0 heterocycles. The highest BCUT2D eigenvalue weighted by atomic mass is 35.5. The Balaban J connectivity index is 2.17. The van der Waals surface area contributed by atoms with Crippen molar-refractivity contribution >= 4 is 11.6 Å². The molecule has 2 rings (SSSR count). The Morgan fingerprint density at radius 1 is 1.33 bits per heavy atom. The lowest BCUT2D eigenvalue weighted by molar-refractivity contribution is 0.254. The average molecular weight is 185 g/mol. The van der Waals surface area contributed by atoms with Gasteiger partial charge in [0.15, 0.2) is 0 Å². The van der Waals surface area contributed by atoms with Crippen LogP contribution in [0.4, 0.5) is 0 Å². The van der Waals surface area contributed by atoms with Gasteiger partial charge in [-0.2, -0.15) is 0 Å². The van der Waals surface area contributed by atoms with Gasteiger partial charge in [-0.25, -0.2) is 0 Å². The third-order valence-electron chi connectivity index (χ3n) is 3.64. The summed E-state index contributed by atoms with van der Waals surface area (Å²) in [6.07, 6.45) is 6.18. The van der Waals surface area contributed by atoms with Crippen LogP contribution in [0.15, 0.2) is 12.2 Å². The van der Waals surface area contributed by atoms with E-state index in [2.05, 4.69) is 26.0 Å². The van der Waals surface area contributed by atoms with Crippen molar-refractivity contribution < 1.29 is 0 Å². The van der Waals surface area contributed by atoms with Crippen LogP contribution in [0.2, 0.25) is 0 Å². The van der Waals surface area contributed by atoms with Crippen LogP contribution >= 0.6 is 11.6 Å². The van der Waals surface area contributed by atoms with Gasteiger partial charge in [0.05, 0.1) is 0 Å². The minimum Gasteiger partial charge on any atom is -0.126 e. The molecule has 68 valence electrons. The van der Waals surface area contributed by atoms with Gasteiger partial charge >= 0.3 is 0 Å². The first-order chi connectivity index (χ1) is 5.74. The second-order valence-corrected chi connectivity index (χ2v) is 4.90. The molecule has 0 nitrogen and oxygen atoms in total. The van der Waals surface area contributed by atoms with E-state index >= 15 is 0 Å². The number of hydrogen-bond donors (Lipinski definition) is 0. The summed E-state index contributed by atoms with van der Waals surface area (Å²) in [5, 5.41) is 0. The Labute approximate surface area is 80.0 Å². The molecule has 2 bridgehead atoms. The first-order valence-electron chi connectivity index (χ1n) is 4.98. The van der Waals surface area contributed by atoms with Crippen LogP contribution in [0, 0.1) is 29.6 Å². The molecule has 1 heteroatoms. The smallest absolute Gasteiger partial charge is 0.0260 e. The largest absolute Gasteiger partial charge is 0.126 e. The predicted octanol–water partition coefficient (Wildman–Crippen LogP) is 3.32. The van der Waals surface area contributed by atoms with E-state index in [1.807, 2.05) is 0 Å². The molecule has 0 N–H and O–H groups in total. The van der Waals surface area contributed by atoms with Crippen molar-refractivity contribution in [1.29, 1.82) is 0 Å². The van der Waals surface area contributed by atoms with Crippen molar-refractivity contribution in [2.24, 2.45) is 29.6 Å². The van der Waals surface area contributed by atoms with E-state index in [0.717, 1.165) is 35.5 Å². The summed E-state index contributed by atoms with van der Waals surface area (Å²) in [6.45, 7) is 4.66. The molecule has 2 aliphatic carbocycles. The second-order valence-electron chi connectivity index (χ2n) is 4.59. The number of halogens is 1. The molecule has 0 spiro atoms. The van der Waals surface area contributed by atoms with Crippen molar-refractivity contribution in [3.63, 3.8) is 0 Å². The van der Waals surface area contributed by atoms with Gasteiger partial charge in [-0.15, -0.1) is 11.6 Å². The maximum absolute atomic E-state index is 6.01. The summed E-state index contributed by atoms with van der Waals surface area (Å²) < 4.78 is 0. The SMILES string of the molecule is CC(C)C1C2C=CC(C2)C1CCl. The third-order valence-corrected chi connectivity index (χ3v) is 3.99. The molecule has 0 aromatic heterocycles. The molecule has 4 unspecified atom stereocenters. The van der Waals surface area contributed by atoms with Gasteiger partial charge in [-0.05, 0) is 36.0 Å². The van der Waals surface area contributed by atoms with Crippen molar-refractivity contribution in [3.05, 3.63) is 12.2 Å². The zero-order valence-corrected chi connectivity index (χ0v) is 8.59. The van der Waals surface area contributed by atoms with Crippen molar-refractivity contribution in [2.75, 3.05) is 5.88 Å².